The molecule has 2 rings (SSSR count). The molecule has 0 N–H and O–H groups in total. The van der Waals surface area contributed by atoms with Crippen molar-refractivity contribution in [2.75, 3.05) is 0 Å². The van der Waals surface area contributed by atoms with Gasteiger partial charge in [0, 0.05) is 5.92 Å². The van der Waals surface area contributed by atoms with E-state index in [2.05, 4.69) is 20.8 Å². The molecule has 0 amide bonds. The van der Waals surface area contributed by atoms with Crippen LogP contribution in [0.2, 0.25) is 0 Å². The fourth-order valence-corrected chi connectivity index (χ4v) is 3.24. The maximum atomic E-state index is 5.90. The molecule has 1 aliphatic carbocycles. The Morgan fingerprint density at radius 1 is 1.15 bits per heavy atom. The zero-order valence-electron chi connectivity index (χ0n) is 9.12. The van der Waals surface area contributed by atoms with Gasteiger partial charge in [0.05, 0.1) is 12.2 Å². The average molecular weight is 182 g/mol. The van der Waals surface area contributed by atoms with Crippen LogP contribution in [0.15, 0.2) is 0 Å². The quantitative estimate of drug-likeness (QED) is 0.637. The van der Waals surface area contributed by atoms with Crippen LogP contribution in [0.25, 0.3) is 0 Å². The summed E-state index contributed by atoms with van der Waals surface area (Å²) in [6, 6.07) is 0. The lowest BCUT2D eigenvalue weighted by Crippen LogP contribution is -2.52. The van der Waals surface area contributed by atoms with Crippen LogP contribution in [-0.4, -0.2) is 12.2 Å². The Bertz CT molecular complexity index is 165. The molecule has 1 saturated carbocycles. The van der Waals surface area contributed by atoms with Gasteiger partial charge in [0.2, 0.25) is 0 Å². The van der Waals surface area contributed by atoms with Gasteiger partial charge in [-0.25, -0.2) is 0 Å². The van der Waals surface area contributed by atoms with Crippen LogP contribution in [0.3, 0.4) is 0 Å². The molecular formula is C12H22O. The van der Waals surface area contributed by atoms with E-state index in [9.17, 15) is 0 Å². The smallest absolute Gasteiger partial charge is 0.0662 e. The molecule has 0 aromatic carbocycles. The lowest BCUT2D eigenvalue weighted by molar-refractivity contribution is -0.212. The minimum atomic E-state index is 0.519. The van der Waals surface area contributed by atoms with E-state index in [-0.39, 0.29) is 0 Å². The zero-order chi connectivity index (χ0) is 9.42. The second kappa shape index (κ2) is 3.61. The molecule has 1 aliphatic heterocycles. The van der Waals surface area contributed by atoms with Gasteiger partial charge in [-0.05, 0) is 31.6 Å². The summed E-state index contributed by atoms with van der Waals surface area (Å²) in [5, 5.41) is 0. The van der Waals surface area contributed by atoms with Crippen LogP contribution in [0.4, 0.5) is 0 Å². The maximum Gasteiger partial charge on any atom is 0.0662 e. The summed E-state index contributed by atoms with van der Waals surface area (Å²) in [6.45, 7) is 6.91. The zero-order valence-corrected chi connectivity index (χ0v) is 9.12. The SMILES string of the molecule is CC(C)C1C(C)OC1C1CCCC1. The molecule has 0 bridgehead atoms. The molecular weight excluding hydrogens is 160 g/mol. The average Bonchev–Trinajstić information content (AvgIpc) is 2.50. The molecule has 0 spiro atoms. The standard InChI is InChI=1S/C12H22O/c1-8(2)11-9(3)13-12(11)10-6-4-5-7-10/h8-12H,4-7H2,1-3H3. The highest BCUT2D eigenvalue weighted by atomic mass is 16.5. The lowest BCUT2D eigenvalue weighted by Gasteiger charge is -2.48. The van der Waals surface area contributed by atoms with Crippen LogP contribution in [-0.2, 0) is 4.74 Å². The normalized spacial score (nSPS) is 41.1. The van der Waals surface area contributed by atoms with E-state index in [1.165, 1.54) is 25.7 Å². The van der Waals surface area contributed by atoms with Gasteiger partial charge in [-0.3, -0.25) is 0 Å². The Hall–Kier alpha value is -0.0400. The van der Waals surface area contributed by atoms with Crippen molar-refractivity contribution in [2.45, 2.75) is 58.7 Å². The van der Waals surface area contributed by atoms with Crippen molar-refractivity contribution in [3.05, 3.63) is 0 Å². The highest BCUT2D eigenvalue weighted by molar-refractivity contribution is 4.93. The molecule has 1 heterocycles. The van der Waals surface area contributed by atoms with Gasteiger partial charge in [-0.1, -0.05) is 26.7 Å². The fourth-order valence-electron chi connectivity index (χ4n) is 3.24. The molecule has 2 aliphatic rings. The first kappa shape index (κ1) is 9.51. The maximum absolute atomic E-state index is 5.90. The van der Waals surface area contributed by atoms with E-state index in [1.807, 2.05) is 0 Å². The van der Waals surface area contributed by atoms with Gasteiger partial charge in [0.15, 0.2) is 0 Å². The predicted molar refractivity (Wildman–Crippen MR) is 54.6 cm³/mol. The highest BCUT2D eigenvalue weighted by Gasteiger charge is 2.45. The molecule has 1 saturated heterocycles. The van der Waals surface area contributed by atoms with Gasteiger partial charge in [0.1, 0.15) is 0 Å². The molecule has 0 aromatic rings. The summed E-state index contributed by atoms with van der Waals surface area (Å²) in [5.74, 6) is 2.53. The first-order chi connectivity index (χ1) is 6.20. The third-order valence-corrected chi connectivity index (χ3v) is 3.93. The summed E-state index contributed by atoms with van der Waals surface area (Å²) in [6.07, 6.45) is 6.83. The Labute approximate surface area is 81.9 Å². The number of rotatable bonds is 2. The van der Waals surface area contributed by atoms with Gasteiger partial charge >= 0.3 is 0 Å². The molecule has 3 atom stereocenters. The molecule has 3 unspecified atom stereocenters. The van der Waals surface area contributed by atoms with Crippen LogP contribution in [0, 0.1) is 17.8 Å². The summed E-state index contributed by atoms with van der Waals surface area (Å²) in [4.78, 5) is 0. The second-order valence-electron chi connectivity index (χ2n) is 5.17. The molecule has 1 heteroatoms. The molecule has 0 aromatic heterocycles. The summed E-state index contributed by atoms with van der Waals surface area (Å²) >= 11 is 0. The van der Waals surface area contributed by atoms with Crippen molar-refractivity contribution in [1.82, 2.24) is 0 Å². The van der Waals surface area contributed by atoms with Crippen LogP contribution in [0.1, 0.15) is 46.5 Å². The van der Waals surface area contributed by atoms with E-state index in [4.69, 9.17) is 4.74 Å². The van der Waals surface area contributed by atoms with E-state index in [0.717, 1.165) is 17.8 Å². The molecule has 76 valence electrons. The molecule has 0 radical (unpaired) electrons. The largest absolute Gasteiger partial charge is 0.374 e. The minimum absolute atomic E-state index is 0.519. The Kier molecular flexibility index (Phi) is 2.64. The van der Waals surface area contributed by atoms with Crippen molar-refractivity contribution < 1.29 is 4.74 Å². The Balaban J connectivity index is 1.93. The van der Waals surface area contributed by atoms with Crippen molar-refractivity contribution in [2.24, 2.45) is 17.8 Å². The number of ether oxygens (including phenoxy) is 1. The first-order valence-electron chi connectivity index (χ1n) is 5.85. The molecule has 13 heavy (non-hydrogen) atoms. The predicted octanol–water partition coefficient (Wildman–Crippen LogP) is 3.24. The number of hydrogen-bond donors (Lipinski definition) is 0. The Morgan fingerprint density at radius 3 is 2.23 bits per heavy atom. The van der Waals surface area contributed by atoms with E-state index >= 15 is 0 Å². The summed E-state index contributed by atoms with van der Waals surface area (Å²) in [5.41, 5.74) is 0. The highest BCUT2D eigenvalue weighted by Crippen LogP contribution is 2.43. The molecule has 2 fully saturated rings. The monoisotopic (exact) mass is 182 g/mol. The third kappa shape index (κ3) is 1.63. The van der Waals surface area contributed by atoms with Gasteiger partial charge in [-0.2, -0.15) is 0 Å². The lowest BCUT2D eigenvalue weighted by atomic mass is 9.75. The van der Waals surface area contributed by atoms with Crippen molar-refractivity contribution in [3.8, 4) is 0 Å². The van der Waals surface area contributed by atoms with Gasteiger partial charge < -0.3 is 4.74 Å². The third-order valence-electron chi connectivity index (χ3n) is 3.93. The van der Waals surface area contributed by atoms with Gasteiger partial charge in [0.25, 0.3) is 0 Å². The van der Waals surface area contributed by atoms with Crippen molar-refractivity contribution >= 4 is 0 Å². The van der Waals surface area contributed by atoms with Crippen molar-refractivity contribution in [1.29, 1.82) is 0 Å². The fraction of sp³-hybridized carbons (Fsp3) is 1.00. The van der Waals surface area contributed by atoms with Crippen LogP contribution in [0.5, 0.6) is 0 Å². The number of hydrogen-bond acceptors (Lipinski definition) is 1. The van der Waals surface area contributed by atoms with E-state index in [0.29, 0.717) is 12.2 Å². The van der Waals surface area contributed by atoms with Crippen LogP contribution >= 0.6 is 0 Å². The summed E-state index contributed by atoms with van der Waals surface area (Å²) in [7, 11) is 0. The topological polar surface area (TPSA) is 9.23 Å². The minimum Gasteiger partial charge on any atom is -0.374 e. The van der Waals surface area contributed by atoms with Gasteiger partial charge in [-0.15, -0.1) is 0 Å². The first-order valence-corrected chi connectivity index (χ1v) is 5.85. The van der Waals surface area contributed by atoms with Crippen molar-refractivity contribution in [3.63, 3.8) is 0 Å². The summed E-state index contributed by atoms with van der Waals surface area (Å²) < 4.78 is 5.90. The second-order valence-corrected chi connectivity index (χ2v) is 5.17. The van der Waals surface area contributed by atoms with E-state index < -0.39 is 0 Å². The van der Waals surface area contributed by atoms with E-state index in [1.54, 1.807) is 0 Å². The molecule has 1 nitrogen and oxygen atoms in total. The van der Waals surface area contributed by atoms with Crippen LogP contribution < -0.4 is 0 Å². The Morgan fingerprint density at radius 2 is 1.77 bits per heavy atom.